The van der Waals surface area contributed by atoms with Gasteiger partial charge in [-0.15, -0.1) is 0 Å². The van der Waals surface area contributed by atoms with Crippen molar-refractivity contribution >= 4 is 11.6 Å². The van der Waals surface area contributed by atoms with Gasteiger partial charge in [-0.2, -0.15) is 4.98 Å². The van der Waals surface area contributed by atoms with Crippen LogP contribution in [0.5, 0.6) is 5.75 Å². The minimum Gasteiger partial charge on any atom is -0.497 e. The number of aryl methyl sites for hydroxylation is 1. The van der Waals surface area contributed by atoms with Crippen LogP contribution in [0.15, 0.2) is 51.6 Å². The van der Waals surface area contributed by atoms with E-state index in [1.807, 2.05) is 17.0 Å². The van der Waals surface area contributed by atoms with Gasteiger partial charge in [0.15, 0.2) is 5.76 Å². The van der Waals surface area contributed by atoms with Crippen molar-refractivity contribution in [3.8, 4) is 17.3 Å². The molecule has 0 saturated carbocycles. The lowest BCUT2D eigenvalue weighted by molar-refractivity contribution is -0.131. The summed E-state index contributed by atoms with van der Waals surface area (Å²) in [6.07, 6.45) is 3.29. The van der Waals surface area contributed by atoms with Crippen molar-refractivity contribution in [3.63, 3.8) is 0 Å². The van der Waals surface area contributed by atoms with Crippen molar-refractivity contribution in [3.05, 3.63) is 48.6 Å². The molecular formula is C21H24N4O4. The number of carbonyl (C=O) groups excluding carboxylic acids is 1. The van der Waals surface area contributed by atoms with Gasteiger partial charge in [0.1, 0.15) is 5.75 Å². The van der Waals surface area contributed by atoms with Gasteiger partial charge in [-0.25, -0.2) is 0 Å². The van der Waals surface area contributed by atoms with Crippen LogP contribution in [0, 0.1) is 0 Å². The zero-order chi connectivity index (χ0) is 20.1. The Labute approximate surface area is 169 Å². The first-order chi connectivity index (χ1) is 14.2. The number of piperazine rings is 1. The minimum absolute atomic E-state index is 0.171. The molecule has 29 heavy (non-hydrogen) atoms. The van der Waals surface area contributed by atoms with Crippen LogP contribution in [-0.4, -0.2) is 54.2 Å². The van der Waals surface area contributed by atoms with Crippen molar-refractivity contribution in [1.29, 1.82) is 0 Å². The molecule has 0 bridgehead atoms. The van der Waals surface area contributed by atoms with Crippen LogP contribution in [0.2, 0.25) is 0 Å². The number of benzene rings is 1. The average molecular weight is 396 g/mol. The van der Waals surface area contributed by atoms with E-state index in [1.54, 1.807) is 25.5 Å². The lowest BCUT2D eigenvalue weighted by Gasteiger charge is -2.36. The molecule has 2 aromatic heterocycles. The number of rotatable bonds is 7. The third kappa shape index (κ3) is 4.59. The molecule has 1 aromatic carbocycles. The van der Waals surface area contributed by atoms with E-state index >= 15 is 0 Å². The number of carbonyl (C=O) groups is 1. The third-order valence-corrected chi connectivity index (χ3v) is 5.06. The maximum atomic E-state index is 12.5. The lowest BCUT2D eigenvalue weighted by Crippen LogP contribution is -2.48. The highest BCUT2D eigenvalue weighted by atomic mass is 16.5. The molecule has 1 saturated heterocycles. The molecule has 3 aromatic rings. The molecule has 8 nitrogen and oxygen atoms in total. The van der Waals surface area contributed by atoms with Gasteiger partial charge in [-0.1, -0.05) is 5.16 Å². The molecule has 0 N–H and O–H groups in total. The predicted octanol–water partition coefficient (Wildman–Crippen LogP) is 3.01. The number of methoxy groups -OCH3 is 1. The van der Waals surface area contributed by atoms with Crippen LogP contribution in [0.4, 0.5) is 5.69 Å². The molecule has 1 aliphatic rings. The van der Waals surface area contributed by atoms with Gasteiger partial charge < -0.3 is 23.5 Å². The van der Waals surface area contributed by atoms with E-state index in [0.717, 1.165) is 37.6 Å². The number of nitrogens with zero attached hydrogens (tertiary/aromatic N) is 4. The van der Waals surface area contributed by atoms with Gasteiger partial charge >= 0.3 is 0 Å². The van der Waals surface area contributed by atoms with Gasteiger partial charge in [0.25, 0.3) is 0 Å². The summed E-state index contributed by atoms with van der Waals surface area (Å²) in [5.74, 6) is 2.55. The van der Waals surface area contributed by atoms with Crippen LogP contribution in [0.25, 0.3) is 11.6 Å². The summed E-state index contributed by atoms with van der Waals surface area (Å²) in [5.41, 5.74) is 1.15. The minimum atomic E-state index is 0.171. The second-order valence-corrected chi connectivity index (χ2v) is 6.91. The maximum absolute atomic E-state index is 12.5. The summed E-state index contributed by atoms with van der Waals surface area (Å²) in [6.45, 7) is 3.12. The van der Waals surface area contributed by atoms with Gasteiger partial charge in [-0.3, -0.25) is 4.79 Å². The Bertz CT molecular complexity index is 913. The molecule has 0 atom stereocenters. The van der Waals surface area contributed by atoms with E-state index < -0.39 is 0 Å². The van der Waals surface area contributed by atoms with E-state index in [9.17, 15) is 4.79 Å². The van der Waals surface area contributed by atoms with Crippen LogP contribution < -0.4 is 9.64 Å². The Morgan fingerprint density at radius 2 is 1.93 bits per heavy atom. The summed E-state index contributed by atoms with van der Waals surface area (Å²) < 4.78 is 15.7. The number of amides is 1. The average Bonchev–Trinajstić information content (AvgIpc) is 3.46. The van der Waals surface area contributed by atoms with Crippen LogP contribution in [-0.2, 0) is 11.2 Å². The van der Waals surface area contributed by atoms with Crippen molar-refractivity contribution in [1.82, 2.24) is 15.0 Å². The molecule has 0 spiro atoms. The molecule has 1 aliphatic heterocycles. The van der Waals surface area contributed by atoms with Crippen LogP contribution in [0.3, 0.4) is 0 Å². The summed E-state index contributed by atoms with van der Waals surface area (Å²) in [7, 11) is 1.66. The highest BCUT2D eigenvalue weighted by molar-refractivity contribution is 5.76. The quantitative estimate of drug-likeness (QED) is 0.607. The number of ether oxygens (including phenoxy) is 1. The highest BCUT2D eigenvalue weighted by Gasteiger charge is 2.21. The maximum Gasteiger partial charge on any atom is 0.238 e. The standard InChI is InChI=1S/C21H24N4O4/c1-27-17-9-7-16(8-10-17)24-11-13-25(14-12-24)20(26)6-2-5-19-22-21(23-29-19)18-4-3-15-28-18/h3-4,7-10,15H,2,5-6,11-14H2,1H3. The second kappa shape index (κ2) is 8.81. The topological polar surface area (TPSA) is 84.8 Å². The first-order valence-corrected chi connectivity index (χ1v) is 9.76. The normalized spacial score (nSPS) is 14.2. The molecule has 1 fully saturated rings. The highest BCUT2D eigenvalue weighted by Crippen LogP contribution is 2.21. The first-order valence-electron chi connectivity index (χ1n) is 9.76. The first kappa shape index (κ1) is 19.0. The zero-order valence-corrected chi connectivity index (χ0v) is 16.4. The van der Waals surface area contributed by atoms with E-state index in [-0.39, 0.29) is 5.91 Å². The van der Waals surface area contributed by atoms with Crippen molar-refractivity contribution in [2.75, 3.05) is 38.2 Å². The molecule has 0 radical (unpaired) electrons. The fourth-order valence-electron chi connectivity index (χ4n) is 3.42. The fraction of sp³-hybridized carbons (Fsp3) is 0.381. The van der Waals surface area contributed by atoms with Gasteiger partial charge in [0, 0.05) is 44.7 Å². The van der Waals surface area contributed by atoms with Gasteiger partial charge in [0.05, 0.1) is 13.4 Å². The van der Waals surface area contributed by atoms with Crippen molar-refractivity contribution in [2.45, 2.75) is 19.3 Å². The van der Waals surface area contributed by atoms with Crippen molar-refractivity contribution < 1.29 is 18.5 Å². The number of furan rings is 1. The molecule has 8 heteroatoms. The van der Waals surface area contributed by atoms with Crippen molar-refractivity contribution in [2.24, 2.45) is 0 Å². The smallest absolute Gasteiger partial charge is 0.238 e. The van der Waals surface area contributed by atoms with E-state index in [4.69, 9.17) is 13.7 Å². The SMILES string of the molecule is COc1ccc(N2CCN(C(=O)CCCc3nc(-c4ccco4)no3)CC2)cc1. The van der Waals surface area contributed by atoms with Crippen LogP contribution in [0.1, 0.15) is 18.7 Å². The summed E-state index contributed by atoms with van der Waals surface area (Å²) in [6, 6.07) is 11.6. The molecule has 3 heterocycles. The zero-order valence-electron chi connectivity index (χ0n) is 16.4. The summed E-state index contributed by atoms with van der Waals surface area (Å²) in [5, 5.41) is 3.91. The summed E-state index contributed by atoms with van der Waals surface area (Å²) >= 11 is 0. The molecule has 4 rings (SSSR count). The van der Waals surface area contributed by atoms with E-state index in [0.29, 0.717) is 36.7 Å². The number of hydrogen-bond acceptors (Lipinski definition) is 7. The number of anilines is 1. The van der Waals surface area contributed by atoms with Gasteiger partial charge in [0.2, 0.25) is 17.6 Å². The molecule has 152 valence electrons. The monoisotopic (exact) mass is 396 g/mol. The third-order valence-electron chi connectivity index (χ3n) is 5.06. The Morgan fingerprint density at radius 3 is 2.62 bits per heavy atom. The molecule has 1 amide bonds. The molecular weight excluding hydrogens is 372 g/mol. The predicted molar refractivity (Wildman–Crippen MR) is 107 cm³/mol. The van der Waals surface area contributed by atoms with Crippen LogP contribution >= 0.6 is 0 Å². The Balaban J connectivity index is 1.21. The summed E-state index contributed by atoms with van der Waals surface area (Å²) in [4.78, 5) is 21.0. The largest absolute Gasteiger partial charge is 0.497 e. The lowest BCUT2D eigenvalue weighted by atomic mass is 10.2. The van der Waals surface area contributed by atoms with E-state index in [2.05, 4.69) is 27.2 Å². The molecule has 0 unspecified atom stereocenters. The van der Waals surface area contributed by atoms with E-state index in [1.165, 1.54) is 0 Å². The Kier molecular flexibility index (Phi) is 5.79. The second-order valence-electron chi connectivity index (χ2n) is 6.91. The number of hydrogen-bond donors (Lipinski definition) is 0. The number of aromatic nitrogens is 2. The Morgan fingerprint density at radius 1 is 1.14 bits per heavy atom. The van der Waals surface area contributed by atoms with Gasteiger partial charge in [-0.05, 0) is 42.8 Å². The fourth-order valence-corrected chi connectivity index (χ4v) is 3.42. The molecule has 0 aliphatic carbocycles. The Hall–Kier alpha value is -3.29.